The largest absolute Gasteiger partial charge is 0.481 e. The van der Waals surface area contributed by atoms with Gasteiger partial charge in [0.2, 0.25) is 0 Å². The molecule has 3 atom stereocenters. The Morgan fingerprint density at radius 3 is 2.80 bits per heavy atom. The van der Waals surface area contributed by atoms with Crippen LogP contribution in [0.2, 0.25) is 0 Å². The lowest BCUT2D eigenvalue weighted by molar-refractivity contribution is -0.142. The van der Waals surface area contributed by atoms with Crippen molar-refractivity contribution in [3.63, 3.8) is 0 Å². The second-order valence-electron chi connectivity index (χ2n) is 6.62. The lowest BCUT2D eigenvalue weighted by Crippen LogP contribution is -2.53. The molecule has 1 saturated heterocycles. The molecule has 7 heteroatoms. The highest BCUT2D eigenvalue weighted by atomic mass is 19.1. The van der Waals surface area contributed by atoms with Gasteiger partial charge in [-0.1, -0.05) is 0 Å². The molecule has 0 N–H and O–H groups in total. The van der Waals surface area contributed by atoms with E-state index in [2.05, 4.69) is 0 Å². The minimum Gasteiger partial charge on any atom is -0.481 e. The van der Waals surface area contributed by atoms with Crippen molar-refractivity contribution in [1.29, 1.82) is 0 Å². The number of hydrogen-bond donors (Lipinski definition) is 0. The van der Waals surface area contributed by atoms with E-state index in [-0.39, 0.29) is 36.0 Å². The van der Waals surface area contributed by atoms with Crippen LogP contribution < -0.4 is 4.74 Å². The number of amides is 1. The number of benzene rings is 1. The SMILES string of the molecule is CO[C@@H]1CC[C@@]2(OC)CCN(C(=O)COc3ccc(F)cc3F)[C@H]2C1. The standard InChI is InChI=1S/C18H23F2NO4/c1-23-13-5-6-18(24-2)7-8-21(16(18)10-13)17(22)11-25-15-4-3-12(19)9-14(15)20/h3-4,9,13,16H,5-8,10-11H2,1-2H3/t13-,16+,18-/m1/s1. The molecule has 138 valence electrons. The van der Waals surface area contributed by atoms with E-state index in [1.807, 2.05) is 0 Å². The van der Waals surface area contributed by atoms with Crippen molar-refractivity contribution in [2.45, 2.75) is 43.4 Å². The van der Waals surface area contributed by atoms with Gasteiger partial charge >= 0.3 is 0 Å². The summed E-state index contributed by atoms with van der Waals surface area (Å²) in [5.74, 6) is -1.87. The fourth-order valence-electron chi connectivity index (χ4n) is 3.99. The molecule has 1 aliphatic heterocycles. The summed E-state index contributed by atoms with van der Waals surface area (Å²) in [6.45, 7) is 0.277. The van der Waals surface area contributed by atoms with Gasteiger partial charge < -0.3 is 19.1 Å². The Kier molecular flexibility index (Phi) is 5.24. The number of fused-ring (bicyclic) bond motifs is 1. The third-order valence-corrected chi connectivity index (χ3v) is 5.44. The van der Waals surface area contributed by atoms with Crippen LogP contribution in [0.15, 0.2) is 18.2 Å². The van der Waals surface area contributed by atoms with Gasteiger partial charge in [0.15, 0.2) is 18.2 Å². The Morgan fingerprint density at radius 1 is 1.32 bits per heavy atom. The first kappa shape index (κ1) is 18.1. The zero-order valence-corrected chi connectivity index (χ0v) is 14.5. The molecule has 2 fully saturated rings. The van der Waals surface area contributed by atoms with E-state index in [1.54, 1.807) is 19.1 Å². The maximum Gasteiger partial charge on any atom is 0.260 e. The van der Waals surface area contributed by atoms with Crippen molar-refractivity contribution in [3.05, 3.63) is 29.8 Å². The molecular weight excluding hydrogens is 332 g/mol. The highest BCUT2D eigenvalue weighted by Crippen LogP contribution is 2.43. The molecule has 25 heavy (non-hydrogen) atoms. The van der Waals surface area contributed by atoms with Crippen LogP contribution in [-0.2, 0) is 14.3 Å². The van der Waals surface area contributed by atoms with E-state index in [0.717, 1.165) is 31.4 Å². The van der Waals surface area contributed by atoms with Crippen LogP contribution in [0.5, 0.6) is 5.75 Å². The molecule has 0 aromatic heterocycles. The molecule has 1 aliphatic carbocycles. The number of methoxy groups -OCH3 is 2. The summed E-state index contributed by atoms with van der Waals surface area (Å²) < 4.78 is 43.1. The summed E-state index contributed by atoms with van der Waals surface area (Å²) in [7, 11) is 3.35. The smallest absolute Gasteiger partial charge is 0.260 e. The number of carbonyl (C=O) groups is 1. The van der Waals surface area contributed by atoms with Crippen molar-refractivity contribution in [2.75, 3.05) is 27.4 Å². The Balaban J connectivity index is 1.67. The first-order chi connectivity index (χ1) is 12.0. The van der Waals surface area contributed by atoms with Gasteiger partial charge in [-0.15, -0.1) is 0 Å². The zero-order chi connectivity index (χ0) is 18.0. The van der Waals surface area contributed by atoms with E-state index in [4.69, 9.17) is 14.2 Å². The number of hydrogen-bond acceptors (Lipinski definition) is 4. The number of rotatable bonds is 5. The highest BCUT2D eigenvalue weighted by Gasteiger charge is 2.52. The molecule has 1 amide bonds. The van der Waals surface area contributed by atoms with Crippen LogP contribution in [0.4, 0.5) is 8.78 Å². The summed E-state index contributed by atoms with van der Waals surface area (Å²) in [6.07, 6.45) is 3.31. The first-order valence-corrected chi connectivity index (χ1v) is 8.44. The first-order valence-electron chi connectivity index (χ1n) is 8.44. The molecule has 2 aliphatic rings. The van der Waals surface area contributed by atoms with Gasteiger partial charge in [0.05, 0.1) is 17.7 Å². The van der Waals surface area contributed by atoms with Crippen LogP contribution >= 0.6 is 0 Å². The molecule has 1 aromatic carbocycles. The normalized spacial score (nSPS) is 28.7. The second-order valence-corrected chi connectivity index (χ2v) is 6.62. The average molecular weight is 355 g/mol. The molecule has 0 bridgehead atoms. The Labute approximate surface area is 145 Å². The van der Waals surface area contributed by atoms with Crippen molar-refractivity contribution in [2.24, 2.45) is 0 Å². The monoisotopic (exact) mass is 355 g/mol. The molecule has 3 rings (SSSR count). The fraction of sp³-hybridized carbons (Fsp3) is 0.611. The Morgan fingerprint density at radius 2 is 2.12 bits per heavy atom. The van der Waals surface area contributed by atoms with E-state index < -0.39 is 11.6 Å². The van der Waals surface area contributed by atoms with Crippen molar-refractivity contribution < 1.29 is 27.8 Å². The molecule has 1 aromatic rings. The summed E-state index contributed by atoms with van der Waals surface area (Å²) in [4.78, 5) is 14.4. The van der Waals surface area contributed by atoms with Crippen molar-refractivity contribution >= 4 is 5.91 Å². The number of halogens is 2. The molecule has 5 nitrogen and oxygen atoms in total. The topological polar surface area (TPSA) is 48.0 Å². The summed E-state index contributed by atoms with van der Waals surface area (Å²) in [5.41, 5.74) is -0.341. The predicted molar refractivity (Wildman–Crippen MR) is 86.4 cm³/mol. The van der Waals surface area contributed by atoms with Crippen LogP contribution in [-0.4, -0.2) is 55.9 Å². The van der Waals surface area contributed by atoms with Gasteiger partial charge in [-0.05, 0) is 37.8 Å². The van der Waals surface area contributed by atoms with Crippen LogP contribution in [0, 0.1) is 11.6 Å². The molecule has 0 spiro atoms. The summed E-state index contributed by atoms with van der Waals surface area (Å²) >= 11 is 0. The minimum absolute atomic E-state index is 0.0784. The van der Waals surface area contributed by atoms with Crippen molar-refractivity contribution in [3.8, 4) is 5.75 Å². The van der Waals surface area contributed by atoms with Gasteiger partial charge in [0.25, 0.3) is 5.91 Å². The lowest BCUT2D eigenvalue weighted by atomic mass is 9.79. The molecule has 0 radical (unpaired) electrons. The fourth-order valence-corrected chi connectivity index (χ4v) is 3.99. The Hall–Kier alpha value is -1.73. The maximum atomic E-state index is 13.6. The number of nitrogens with zero attached hydrogens (tertiary/aromatic N) is 1. The van der Waals surface area contributed by atoms with E-state index in [1.165, 1.54) is 6.07 Å². The van der Waals surface area contributed by atoms with Gasteiger partial charge in [0.1, 0.15) is 5.82 Å². The zero-order valence-electron chi connectivity index (χ0n) is 14.5. The van der Waals surface area contributed by atoms with Crippen LogP contribution in [0.3, 0.4) is 0 Å². The predicted octanol–water partition coefficient (Wildman–Crippen LogP) is 2.53. The molecule has 1 heterocycles. The third-order valence-electron chi connectivity index (χ3n) is 5.44. The van der Waals surface area contributed by atoms with Crippen LogP contribution in [0.1, 0.15) is 25.7 Å². The van der Waals surface area contributed by atoms with Crippen molar-refractivity contribution in [1.82, 2.24) is 4.90 Å². The lowest BCUT2D eigenvalue weighted by Gasteiger charge is -2.43. The number of carbonyl (C=O) groups excluding carboxylic acids is 1. The van der Waals surface area contributed by atoms with E-state index >= 15 is 0 Å². The second kappa shape index (κ2) is 7.25. The van der Waals surface area contributed by atoms with Gasteiger partial charge in [-0.2, -0.15) is 0 Å². The van der Waals surface area contributed by atoms with Gasteiger partial charge in [-0.3, -0.25) is 4.79 Å². The molecule has 0 unspecified atom stereocenters. The quantitative estimate of drug-likeness (QED) is 0.814. The van der Waals surface area contributed by atoms with E-state index in [0.29, 0.717) is 13.0 Å². The van der Waals surface area contributed by atoms with Crippen LogP contribution in [0.25, 0.3) is 0 Å². The third kappa shape index (κ3) is 3.48. The Bertz CT molecular complexity index is 642. The minimum atomic E-state index is -0.822. The molecular formula is C18H23F2NO4. The summed E-state index contributed by atoms with van der Waals surface area (Å²) in [5, 5.41) is 0. The summed E-state index contributed by atoms with van der Waals surface area (Å²) in [6, 6.07) is 2.93. The number of likely N-dealkylation sites (tertiary alicyclic amines) is 1. The van der Waals surface area contributed by atoms with Gasteiger partial charge in [0, 0.05) is 26.8 Å². The average Bonchev–Trinajstić information content (AvgIpc) is 2.99. The number of ether oxygens (including phenoxy) is 3. The van der Waals surface area contributed by atoms with Gasteiger partial charge in [-0.25, -0.2) is 8.78 Å². The van der Waals surface area contributed by atoms with E-state index in [9.17, 15) is 13.6 Å². The highest BCUT2D eigenvalue weighted by molar-refractivity contribution is 5.78. The molecule has 1 saturated carbocycles. The maximum absolute atomic E-state index is 13.6.